The molecule has 0 aliphatic carbocycles. The van der Waals surface area contributed by atoms with E-state index in [-0.39, 0.29) is 0 Å². The van der Waals surface area contributed by atoms with Crippen LogP contribution in [0.4, 0.5) is 0 Å². The van der Waals surface area contributed by atoms with Gasteiger partial charge in [0, 0.05) is 7.11 Å². The monoisotopic (exact) mass is 158 g/mol. The van der Waals surface area contributed by atoms with Gasteiger partial charge in [-0.25, -0.2) is 0 Å². The van der Waals surface area contributed by atoms with Gasteiger partial charge < -0.3 is 4.74 Å². The van der Waals surface area contributed by atoms with Crippen LogP contribution in [0.15, 0.2) is 0 Å². The molecule has 0 spiro atoms. The van der Waals surface area contributed by atoms with Crippen molar-refractivity contribution < 1.29 is 4.74 Å². The summed E-state index contributed by atoms with van der Waals surface area (Å²) in [6.45, 7) is 8.93. The molecule has 0 amide bonds. The minimum atomic E-state index is 0.338. The van der Waals surface area contributed by atoms with Crippen molar-refractivity contribution in [3.05, 3.63) is 0 Å². The normalized spacial score (nSPS) is 15.0. The SMILES string of the molecule is CCCCC(C)(C)C(C)OC. The Balaban J connectivity index is 3.77. The molecular formula is C10H22O. The summed E-state index contributed by atoms with van der Waals surface area (Å²) < 4.78 is 5.31. The number of ether oxygens (including phenoxy) is 1. The average molecular weight is 158 g/mol. The summed E-state index contributed by atoms with van der Waals surface area (Å²) in [6.07, 6.45) is 4.22. The number of rotatable bonds is 5. The molecule has 1 nitrogen and oxygen atoms in total. The minimum absolute atomic E-state index is 0.338. The predicted octanol–water partition coefficient (Wildman–Crippen LogP) is 3.24. The van der Waals surface area contributed by atoms with Gasteiger partial charge in [-0.3, -0.25) is 0 Å². The largest absolute Gasteiger partial charge is 0.381 e. The van der Waals surface area contributed by atoms with Crippen molar-refractivity contribution >= 4 is 0 Å². The highest BCUT2D eigenvalue weighted by molar-refractivity contribution is 4.74. The zero-order chi connectivity index (χ0) is 8.91. The first-order chi connectivity index (χ1) is 5.04. The van der Waals surface area contributed by atoms with Gasteiger partial charge in [-0.15, -0.1) is 0 Å². The van der Waals surface area contributed by atoms with Gasteiger partial charge in [0.05, 0.1) is 6.10 Å². The Bertz CT molecular complexity index is 97.0. The van der Waals surface area contributed by atoms with Crippen molar-refractivity contribution in [1.29, 1.82) is 0 Å². The maximum atomic E-state index is 5.31. The van der Waals surface area contributed by atoms with Crippen LogP contribution < -0.4 is 0 Å². The van der Waals surface area contributed by atoms with E-state index in [1.807, 2.05) is 0 Å². The van der Waals surface area contributed by atoms with E-state index in [0.29, 0.717) is 11.5 Å². The zero-order valence-corrected chi connectivity index (χ0v) is 8.61. The summed E-state index contributed by atoms with van der Waals surface area (Å²) in [5.41, 5.74) is 0.338. The highest BCUT2D eigenvalue weighted by Crippen LogP contribution is 2.28. The lowest BCUT2D eigenvalue weighted by Gasteiger charge is -2.30. The lowest BCUT2D eigenvalue weighted by atomic mass is 9.82. The summed E-state index contributed by atoms with van der Waals surface area (Å²) in [6, 6.07) is 0. The van der Waals surface area contributed by atoms with Gasteiger partial charge in [-0.05, 0) is 18.8 Å². The van der Waals surface area contributed by atoms with E-state index in [0.717, 1.165) is 0 Å². The fraction of sp³-hybridized carbons (Fsp3) is 1.00. The second-order valence-corrected chi connectivity index (χ2v) is 3.97. The second kappa shape index (κ2) is 4.76. The Hall–Kier alpha value is -0.0400. The van der Waals surface area contributed by atoms with E-state index in [9.17, 15) is 0 Å². The van der Waals surface area contributed by atoms with E-state index in [1.165, 1.54) is 19.3 Å². The van der Waals surface area contributed by atoms with Crippen molar-refractivity contribution in [2.75, 3.05) is 7.11 Å². The van der Waals surface area contributed by atoms with Crippen LogP contribution in [-0.4, -0.2) is 13.2 Å². The fourth-order valence-corrected chi connectivity index (χ4v) is 1.15. The van der Waals surface area contributed by atoms with E-state index in [1.54, 1.807) is 7.11 Å². The van der Waals surface area contributed by atoms with Crippen LogP contribution >= 0.6 is 0 Å². The molecule has 0 aromatic rings. The molecule has 0 aliphatic rings. The van der Waals surface area contributed by atoms with Gasteiger partial charge >= 0.3 is 0 Å². The molecule has 0 aromatic carbocycles. The smallest absolute Gasteiger partial charge is 0.0594 e. The molecule has 68 valence electrons. The Morgan fingerprint density at radius 2 is 1.91 bits per heavy atom. The maximum absolute atomic E-state index is 5.31. The van der Waals surface area contributed by atoms with Crippen molar-refractivity contribution in [2.45, 2.75) is 53.1 Å². The standard InChI is InChI=1S/C10H22O/c1-6-7-8-10(3,4)9(2)11-5/h9H,6-8H2,1-5H3. The van der Waals surface area contributed by atoms with Crippen LogP contribution in [0, 0.1) is 5.41 Å². The number of unbranched alkanes of at least 4 members (excludes halogenated alkanes) is 1. The number of hydrogen-bond donors (Lipinski definition) is 0. The van der Waals surface area contributed by atoms with Crippen molar-refractivity contribution in [3.63, 3.8) is 0 Å². The summed E-state index contributed by atoms with van der Waals surface area (Å²) >= 11 is 0. The van der Waals surface area contributed by atoms with Gasteiger partial charge in [0.15, 0.2) is 0 Å². The molecule has 0 aliphatic heterocycles. The van der Waals surface area contributed by atoms with Gasteiger partial charge in [0.2, 0.25) is 0 Å². The van der Waals surface area contributed by atoms with Gasteiger partial charge in [-0.1, -0.05) is 33.6 Å². The van der Waals surface area contributed by atoms with Crippen LogP contribution in [0.2, 0.25) is 0 Å². The molecule has 0 saturated carbocycles. The molecule has 0 radical (unpaired) electrons. The van der Waals surface area contributed by atoms with Crippen LogP contribution in [0.3, 0.4) is 0 Å². The van der Waals surface area contributed by atoms with Crippen LogP contribution in [0.1, 0.15) is 47.0 Å². The molecule has 0 N–H and O–H groups in total. The summed E-state index contributed by atoms with van der Waals surface area (Å²) in [5.74, 6) is 0. The van der Waals surface area contributed by atoms with E-state index < -0.39 is 0 Å². The Morgan fingerprint density at radius 3 is 2.27 bits per heavy atom. The minimum Gasteiger partial charge on any atom is -0.381 e. The van der Waals surface area contributed by atoms with Crippen LogP contribution in [-0.2, 0) is 4.74 Å². The summed E-state index contributed by atoms with van der Waals surface area (Å²) in [4.78, 5) is 0. The molecular weight excluding hydrogens is 136 g/mol. The quantitative estimate of drug-likeness (QED) is 0.597. The topological polar surface area (TPSA) is 9.23 Å². The number of methoxy groups -OCH3 is 1. The molecule has 1 heteroatoms. The Morgan fingerprint density at radius 1 is 1.36 bits per heavy atom. The first-order valence-corrected chi connectivity index (χ1v) is 4.57. The molecule has 0 saturated heterocycles. The lowest BCUT2D eigenvalue weighted by Crippen LogP contribution is -2.28. The summed E-state index contributed by atoms with van der Waals surface area (Å²) in [7, 11) is 1.79. The Kier molecular flexibility index (Phi) is 4.74. The van der Waals surface area contributed by atoms with Crippen LogP contribution in [0.5, 0.6) is 0 Å². The van der Waals surface area contributed by atoms with Crippen LogP contribution in [0.25, 0.3) is 0 Å². The molecule has 0 heterocycles. The average Bonchev–Trinajstić information content (AvgIpc) is 1.99. The molecule has 0 rings (SSSR count). The lowest BCUT2D eigenvalue weighted by molar-refractivity contribution is 0.0150. The molecule has 1 unspecified atom stereocenters. The van der Waals surface area contributed by atoms with Crippen molar-refractivity contribution in [3.8, 4) is 0 Å². The maximum Gasteiger partial charge on any atom is 0.0594 e. The third kappa shape index (κ3) is 3.76. The summed E-state index contributed by atoms with van der Waals surface area (Å²) in [5, 5.41) is 0. The van der Waals surface area contributed by atoms with E-state index in [2.05, 4.69) is 27.7 Å². The van der Waals surface area contributed by atoms with Gasteiger partial charge in [0.1, 0.15) is 0 Å². The molecule has 11 heavy (non-hydrogen) atoms. The van der Waals surface area contributed by atoms with Crippen molar-refractivity contribution in [2.24, 2.45) is 5.41 Å². The first kappa shape index (κ1) is 11.0. The predicted molar refractivity (Wildman–Crippen MR) is 49.8 cm³/mol. The highest BCUT2D eigenvalue weighted by Gasteiger charge is 2.24. The molecule has 0 aromatic heterocycles. The van der Waals surface area contributed by atoms with E-state index in [4.69, 9.17) is 4.74 Å². The molecule has 0 bridgehead atoms. The zero-order valence-electron chi connectivity index (χ0n) is 8.61. The first-order valence-electron chi connectivity index (χ1n) is 4.57. The molecule has 1 atom stereocenters. The van der Waals surface area contributed by atoms with Gasteiger partial charge in [0.25, 0.3) is 0 Å². The Labute approximate surface area is 71.1 Å². The molecule has 0 fully saturated rings. The van der Waals surface area contributed by atoms with Crippen molar-refractivity contribution in [1.82, 2.24) is 0 Å². The third-order valence-electron chi connectivity index (χ3n) is 2.63. The second-order valence-electron chi connectivity index (χ2n) is 3.97. The third-order valence-corrected chi connectivity index (χ3v) is 2.63. The fourth-order valence-electron chi connectivity index (χ4n) is 1.15. The number of hydrogen-bond acceptors (Lipinski definition) is 1. The van der Waals surface area contributed by atoms with E-state index >= 15 is 0 Å². The highest BCUT2D eigenvalue weighted by atomic mass is 16.5. The van der Waals surface area contributed by atoms with Gasteiger partial charge in [-0.2, -0.15) is 0 Å².